The van der Waals surface area contributed by atoms with E-state index in [0.717, 1.165) is 51.1 Å². The molecule has 0 radical (unpaired) electrons. The molecule has 0 fully saturated rings. The maximum absolute atomic E-state index is 11.4. The van der Waals surface area contributed by atoms with Gasteiger partial charge in [-0.15, -0.1) is 0 Å². The number of primary amides is 1. The molecule has 0 unspecified atom stereocenters. The maximum Gasteiger partial charge on any atom is 0.218 e. The predicted molar refractivity (Wildman–Crippen MR) is 134 cm³/mol. The van der Waals surface area contributed by atoms with Crippen LogP contribution in [-0.2, 0) is 24.2 Å². The number of aliphatic hydroxyl groups is 1. The summed E-state index contributed by atoms with van der Waals surface area (Å²) in [6.45, 7) is 11.7. The van der Waals surface area contributed by atoms with E-state index in [-0.39, 0.29) is 23.7 Å². The standard InChI is InChI=1S/C27H41N3O3/c1-27(2,3)21-30(15-12-23-9-10-25(32)24(19-23)20-31)18-17-29(16-13-26(28)33)14-11-22-7-5-4-6-8-22/h4-10,19,31-32H,11-18,20-21H2,1-3H3,(H2,28,33). The second-order valence-corrected chi connectivity index (χ2v) is 10.0. The van der Waals surface area contributed by atoms with Gasteiger partial charge < -0.3 is 25.7 Å². The second kappa shape index (κ2) is 13.3. The number of aromatic hydroxyl groups is 1. The van der Waals surface area contributed by atoms with Crippen LogP contribution in [0.1, 0.15) is 43.9 Å². The van der Waals surface area contributed by atoms with Crippen LogP contribution in [0.25, 0.3) is 0 Å². The molecule has 4 N–H and O–H groups in total. The van der Waals surface area contributed by atoms with E-state index >= 15 is 0 Å². The summed E-state index contributed by atoms with van der Waals surface area (Å²) in [6.07, 6.45) is 2.15. The van der Waals surface area contributed by atoms with Crippen molar-refractivity contribution in [3.05, 3.63) is 65.2 Å². The molecule has 0 heterocycles. The number of hydrogen-bond donors (Lipinski definition) is 3. The van der Waals surface area contributed by atoms with Crippen LogP contribution in [0.15, 0.2) is 48.5 Å². The summed E-state index contributed by atoms with van der Waals surface area (Å²) in [7, 11) is 0. The summed E-state index contributed by atoms with van der Waals surface area (Å²) in [5, 5.41) is 19.3. The van der Waals surface area contributed by atoms with Crippen LogP contribution in [0.4, 0.5) is 0 Å². The third-order valence-electron chi connectivity index (χ3n) is 5.70. The number of rotatable bonds is 14. The number of carbonyl (C=O) groups is 1. The molecule has 1 amide bonds. The van der Waals surface area contributed by atoms with Crippen molar-refractivity contribution < 1.29 is 15.0 Å². The smallest absolute Gasteiger partial charge is 0.218 e. The average molecular weight is 456 g/mol. The van der Waals surface area contributed by atoms with Crippen molar-refractivity contribution in [1.29, 1.82) is 0 Å². The van der Waals surface area contributed by atoms with Crippen LogP contribution in [0.3, 0.4) is 0 Å². The summed E-state index contributed by atoms with van der Waals surface area (Å²) in [4.78, 5) is 16.2. The van der Waals surface area contributed by atoms with Gasteiger partial charge in [-0.3, -0.25) is 4.79 Å². The van der Waals surface area contributed by atoms with E-state index in [4.69, 9.17) is 5.73 Å². The van der Waals surface area contributed by atoms with E-state index in [9.17, 15) is 15.0 Å². The summed E-state index contributed by atoms with van der Waals surface area (Å²) >= 11 is 0. The molecule has 0 saturated carbocycles. The van der Waals surface area contributed by atoms with E-state index in [0.29, 0.717) is 18.5 Å². The number of aliphatic hydroxyl groups excluding tert-OH is 1. The first-order chi connectivity index (χ1) is 15.7. The maximum atomic E-state index is 11.4. The Morgan fingerprint density at radius 1 is 0.879 bits per heavy atom. The molecule has 2 rings (SSSR count). The monoisotopic (exact) mass is 455 g/mol. The molecule has 182 valence electrons. The minimum absolute atomic E-state index is 0.135. The lowest BCUT2D eigenvalue weighted by Gasteiger charge is -2.32. The van der Waals surface area contributed by atoms with Gasteiger partial charge in [-0.1, -0.05) is 57.2 Å². The van der Waals surface area contributed by atoms with Crippen LogP contribution in [-0.4, -0.2) is 65.2 Å². The summed E-state index contributed by atoms with van der Waals surface area (Å²) < 4.78 is 0. The third kappa shape index (κ3) is 10.8. The largest absolute Gasteiger partial charge is 0.508 e. The molecule has 0 saturated heterocycles. The normalized spacial score (nSPS) is 11.9. The van der Waals surface area contributed by atoms with E-state index < -0.39 is 0 Å². The number of nitrogens with two attached hydrogens (primary N) is 1. The highest BCUT2D eigenvalue weighted by molar-refractivity contribution is 5.73. The van der Waals surface area contributed by atoms with Crippen LogP contribution in [0, 0.1) is 5.41 Å². The molecule has 33 heavy (non-hydrogen) atoms. The number of amides is 1. The van der Waals surface area contributed by atoms with Crippen LogP contribution in [0.2, 0.25) is 0 Å². The number of nitrogens with zero attached hydrogens (tertiary/aromatic N) is 2. The fourth-order valence-electron chi connectivity index (χ4n) is 3.97. The minimum atomic E-state index is -0.265. The molecule has 0 aliphatic carbocycles. The zero-order valence-electron chi connectivity index (χ0n) is 20.5. The fraction of sp³-hybridized carbons (Fsp3) is 0.519. The third-order valence-corrected chi connectivity index (χ3v) is 5.70. The molecule has 2 aromatic rings. The first-order valence-corrected chi connectivity index (χ1v) is 11.8. The second-order valence-electron chi connectivity index (χ2n) is 10.0. The van der Waals surface area contributed by atoms with Gasteiger partial charge in [-0.05, 0) is 41.5 Å². The van der Waals surface area contributed by atoms with E-state index in [1.54, 1.807) is 6.07 Å². The highest BCUT2D eigenvalue weighted by atomic mass is 16.3. The first kappa shape index (κ1) is 26.8. The Balaban J connectivity index is 1.99. The Morgan fingerprint density at radius 3 is 2.15 bits per heavy atom. The Morgan fingerprint density at radius 2 is 1.52 bits per heavy atom. The lowest BCUT2D eigenvalue weighted by Crippen LogP contribution is -2.41. The van der Waals surface area contributed by atoms with Crippen molar-refractivity contribution in [3.63, 3.8) is 0 Å². The van der Waals surface area contributed by atoms with Crippen molar-refractivity contribution >= 4 is 5.91 Å². The van der Waals surface area contributed by atoms with Gasteiger partial charge in [0.15, 0.2) is 0 Å². The van der Waals surface area contributed by atoms with Crippen molar-refractivity contribution in [3.8, 4) is 5.75 Å². The first-order valence-electron chi connectivity index (χ1n) is 11.8. The van der Waals surface area contributed by atoms with Gasteiger partial charge in [0.2, 0.25) is 5.91 Å². The van der Waals surface area contributed by atoms with Crippen molar-refractivity contribution in [1.82, 2.24) is 9.80 Å². The van der Waals surface area contributed by atoms with E-state index in [1.165, 1.54) is 5.56 Å². The fourth-order valence-corrected chi connectivity index (χ4v) is 3.97. The molecule has 0 spiro atoms. The molecular formula is C27H41N3O3. The van der Waals surface area contributed by atoms with Gasteiger partial charge in [0.25, 0.3) is 0 Å². The quantitative estimate of drug-likeness (QED) is 0.407. The number of benzene rings is 2. The van der Waals surface area contributed by atoms with Gasteiger partial charge in [-0.25, -0.2) is 0 Å². The van der Waals surface area contributed by atoms with Crippen LogP contribution in [0.5, 0.6) is 5.75 Å². The van der Waals surface area contributed by atoms with Crippen LogP contribution >= 0.6 is 0 Å². The molecule has 0 aromatic heterocycles. The highest BCUT2D eigenvalue weighted by Gasteiger charge is 2.18. The lowest BCUT2D eigenvalue weighted by atomic mass is 9.95. The average Bonchev–Trinajstić information content (AvgIpc) is 2.77. The highest BCUT2D eigenvalue weighted by Crippen LogP contribution is 2.20. The topological polar surface area (TPSA) is 90.0 Å². The zero-order valence-corrected chi connectivity index (χ0v) is 20.5. The van der Waals surface area contributed by atoms with Crippen molar-refractivity contribution in [2.45, 2.75) is 46.6 Å². The summed E-state index contributed by atoms with van der Waals surface area (Å²) in [5.41, 5.74) is 8.54. The van der Waals surface area contributed by atoms with Gasteiger partial charge >= 0.3 is 0 Å². The van der Waals surface area contributed by atoms with E-state index in [1.807, 2.05) is 18.2 Å². The van der Waals surface area contributed by atoms with Gasteiger partial charge in [0.1, 0.15) is 5.75 Å². The van der Waals surface area contributed by atoms with Crippen molar-refractivity contribution in [2.24, 2.45) is 11.1 Å². The molecule has 0 aliphatic rings. The SMILES string of the molecule is CC(C)(C)CN(CCc1ccc(O)c(CO)c1)CCN(CCC(N)=O)CCc1ccccc1. The number of hydrogen-bond acceptors (Lipinski definition) is 5. The number of phenols is 1. The lowest BCUT2D eigenvalue weighted by molar-refractivity contribution is -0.118. The van der Waals surface area contributed by atoms with Gasteiger partial charge in [-0.2, -0.15) is 0 Å². The van der Waals surface area contributed by atoms with Crippen LogP contribution < -0.4 is 5.73 Å². The Bertz CT molecular complexity index is 849. The zero-order chi connectivity index (χ0) is 24.3. The van der Waals surface area contributed by atoms with Gasteiger partial charge in [0, 0.05) is 51.3 Å². The molecule has 0 atom stereocenters. The Labute approximate surface area is 199 Å². The number of carbonyl (C=O) groups excluding carboxylic acids is 1. The molecule has 0 bridgehead atoms. The molecule has 6 nitrogen and oxygen atoms in total. The molecule has 6 heteroatoms. The minimum Gasteiger partial charge on any atom is -0.508 e. The molecule has 0 aliphatic heterocycles. The van der Waals surface area contributed by atoms with Gasteiger partial charge in [0.05, 0.1) is 6.61 Å². The Kier molecular flexibility index (Phi) is 10.8. The predicted octanol–water partition coefficient (Wildman–Crippen LogP) is 3.20. The summed E-state index contributed by atoms with van der Waals surface area (Å²) in [5.74, 6) is -0.130. The molecular weight excluding hydrogens is 414 g/mol. The van der Waals surface area contributed by atoms with Crippen molar-refractivity contribution in [2.75, 3.05) is 39.3 Å². The Hall–Kier alpha value is -2.41. The summed E-state index contributed by atoms with van der Waals surface area (Å²) in [6, 6.07) is 15.9. The molecule has 2 aromatic carbocycles. The van der Waals surface area contributed by atoms with E-state index in [2.05, 4.69) is 54.8 Å².